The number of aryl methyl sites for hydroxylation is 2. The summed E-state index contributed by atoms with van der Waals surface area (Å²) in [6.45, 7) is 4.04. The molecule has 0 radical (unpaired) electrons. The Bertz CT molecular complexity index is 2100. The van der Waals surface area contributed by atoms with Crippen molar-refractivity contribution >= 4 is 42.3 Å². The molecule has 2 N–H and O–H groups in total. The van der Waals surface area contributed by atoms with Crippen LogP contribution in [0.3, 0.4) is 0 Å². The van der Waals surface area contributed by atoms with Crippen LogP contribution in [0.15, 0.2) is 90.2 Å². The standard InChI is InChI=1S/C15H12F3N3.C8H8ClN3.C7H5BF3O2.2CO2/c1-2-12-9-19-14-7-6-13(20-21(12)14)10-4-3-5-11(8-10)15(16,17)18;1-2-6-5-10-8-4-3-7(9)11-12(6)8;9-7(10,11)5-2-1-3-6(4-5)8(12)13;2*2-1-3/h3-9H,2H2,1H3;3-5H,2H2,1H3;1,3-4,12-13H;;/q;;+1;;. The molecule has 1 aromatic carbocycles. The quantitative estimate of drug-likeness (QED) is 0.135. The second-order valence-corrected chi connectivity index (χ2v) is 10.2. The van der Waals surface area contributed by atoms with Gasteiger partial charge in [0.15, 0.2) is 11.3 Å². The molecule has 0 saturated heterocycles. The summed E-state index contributed by atoms with van der Waals surface area (Å²) in [5, 5.41) is 26.2. The molecular formula is C32H25BClF6N6O6+. The van der Waals surface area contributed by atoms with E-state index in [1.807, 2.05) is 25.3 Å². The number of nitrogens with zero attached hydrogens (tertiary/aromatic N) is 6. The molecule has 0 bridgehead atoms. The Labute approximate surface area is 295 Å². The molecule has 0 fully saturated rings. The van der Waals surface area contributed by atoms with E-state index in [0.29, 0.717) is 28.1 Å². The summed E-state index contributed by atoms with van der Waals surface area (Å²) in [6, 6.07) is 12.2. The summed E-state index contributed by atoms with van der Waals surface area (Å²) >= 11 is 5.74. The first-order valence-electron chi connectivity index (χ1n) is 14.5. The van der Waals surface area contributed by atoms with E-state index < -0.39 is 30.6 Å². The number of allylic oxidation sites excluding steroid dienone is 6. The molecule has 20 heteroatoms. The summed E-state index contributed by atoms with van der Waals surface area (Å²) < 4.78 is 77.8. The molecule has 0 unspecified atom stereocenters. The first kappa shape index (κ1) is 42.4. The Balaban J connectivity index is 0.000000262. The van der Waals surface area contributed by atoms with Crippen molar-refractivity contribution in [3.05, 3.63) is 118 Å². The summed E-state index contributed by atoms with van der Waals surface area (Å²) in [5.74, 6) is 0. The SMILES string of the molecule is CCc1cnc2ccc(-c3cccc(C(F)(F)F)c3)nn12.CCc1cnc2ccc(Cl)nn12.O=C=O.O=C=O.OB(O)C1=CC(C(F)(F)F)=[C+]C=C1. The van der Waals surface area contributed by atoms with Gasteiger partial charge in [-0.2, -0.15) is 55.7 Å². The van der Waals surface area contributed by atoms with Crippen LogP contribution in [0.5, 0.6) is 0 Å². The molecule has 0 aliphatic heterocycles. The number of rotatable bonds is 4. The van der Waals surface area contributed by atoms with Gasteiger partial charge in [0.2, 0.25) is 5.57 Å². The molecule has 0 spiro atoms. The third-order valence-corrected chi connectivity index (χ3v) is 6.67. The van der Waals surface area contributed by atoms with Gasteiger partial charge in [-0.05, 0) is 49.2 Å². The lowest BCUT2D eigenvalue weighted by atomic mass is 9.76. The molecule has 12 nitrogen and oxygen atoms in total. The van der Waals surface area contributed by atoms with Gasteiger partial charge in [0.1, 0.15) is 11.2 Å². The Morgan fingerprint density at radius 3 is 1.85 bits per heavy atom. The van der Waals surface area contributed by atoms with Crippen molar-refractivity contribution in [2.75, 3.05) is 0 Å². The predicted octanol–water partition coefficient (Wildman–Crippen LogP) is 5.54. The number of hydrogen-bond donors (Lipinski definition) is 2. The lowest BCUT2D eigenvalue weighted by Crippen LogP contribution is -2.18. The second kappa shape index (κ2) is 19.6. The van der Waals surface area contributed by atoms with Gasteiger partial charge in [-0.15, -0.1) is 0 Å². The highest BCUT2D eigenvalue weighted by molar-refractivity contribution is 6.52. The van der Waals surface area contributed by atoms with Crippen LogP contribution in [-0.4, -0.2) is 64.8 Å². The molecule has 0 amide bonds. The fourth-order valence-corrected chi connectivity index (χ4v) is 4.26. The molecule has 0 saturated carbocycles. The van der Waals surface area contributed by atoms with Crippen molar-refractivity contribution in [1.82, 2.24) is 29.2 Å². The van der Waals surface area contributed by atoms with Crippen LogP contribution >= 0.6 is 11.6 Å². The van der Waals surface area contributed by atoms with Gasteiger partial charge in [0, 0.05) is 11.6 Å². The number of halogens is 7. The van der Waals surface area contributed by atoms with E-state index in [4.69, 9.17) is 40.8 Å². The van der Waals surface area contributed by atoms with Crippen LogP contribution in [0.2, 0.25) is 5.15 Å². The highest BCUT2D eigenvalue weighted by Gasteiger charge is 2.40. The van der Waals surface area contributed by atoms with Crippen LogP contribution in [0, 0.1) is 6.08 Å². The Morgan fingerprint density at radius 1 is 0.808 bits per heavy atom. The van der Waals surface area contributed by atoms with Crippen molar-refractivity contribution in [2.24, 2.45) is 0 Å². The fourth-order valence-electron chi connectivity index (χ4n) is 4.12. The fraction of sp³-hybridized carbons (Fsp3) is 0.188. The zero-order chi connectivity index (χ0) is 39.1. The molecular weight excluding hydrogens is 725 g/mol. The van der Waals surface area contributed by atoms with Crippen molar-refractivity contribution in [1.29, 1.82) is 0 Å². The first-order valence-corrected chi connectivity index (χ1v) is 14.9. The van der Waals surface area contributed by atoms with Gasteiger partial charge in [-0.1, -0.05) is 37.6 Å². The molecule has 1 aliphatic carbocycles. The molecule has 4 aromatic heterocycles. The van der Waals surface area contributed by atoms with E-state index >= 15 is 0 Å². The van der Waals surface area contributed by atoms with Crippen LogP contribution in [-0.2, 0) is 38.2 Å². The Hall–Kier alpha value is -5.80. The van der Waals surface area contributed by atoms with Crippen molar-refractivity contribution < 1.29 is 55.6 Å². The van der Waals surface area contributed by atoms with E-state index in [1.54, 1.807) is 39.5 Å². The van der Waals surface area contributed by atoms with Crippen molar-refractivity contribution in [2.45, 2.75) is 39.0 Å². The molecule has 0 atom stereocenters. The van der Waals surface area contributed by atoms with Crippen LogP contribution in [0.4, 0.5) is 26.3 Å². The third kappa shape index (κ3) is 12.2. The minimum Gasteiger partial charge on any atom is -0.422 e. The molecule has 4 heterocycles. The zero-order valence-corrected chi connectivity index (χ0v) is 27.6. The third-order valence-electron chi connectivity index (χ3n) is 6.47. The van der Waals surface area contributed by atoms with E-state index in [9.17, 15) is 26.3 Å². The van der Waals surface area contributed by atoms with E-state index in [2.05, 4.69) is 27.1 Å². The minimum atomic E-state index is -4.51. The Kier molecular flexibility index (Phi) is 15.9. The molecule has 1 aliphatic rings. The largest absolute Gasteiger partial charge is 0.517 e. The second-order valence-electron chi connectivity index (χ2n) is 9.77. The lowest BCUT2D eigenvalue weighted by molar-refractivity contribution is -0.193. The monoisotopic (exact) mass is 749 g/mol. The summed E-state index contributed by atoms with van der Waals surface area (Å²) in [6.07, 6.45) is 1.58. The Morgan fingerprint density at radius 2 is 1.35 bits per heavy atom. The predicted molar refractivity (Wildman–Crippen MR) is 170 cm³/mol. The van der Waals surface area contributed by atoms with Gasteiger partial charge in [0.25, 0.3) is 0 Å². The number of carbonyl (C=O) groups excluding carboxylic acids is 4. The number of imidazole rings is 2. The van der Waals surface area contributed by atoms with Gasteiger partial charge in [-0.3, -0.25) is 0 Å². The number of alkyl halides is 6. The van der Waals surface area contributed by atoms with Gasteiger partial charge >= 0.3 is 31.8 Å². The lowest BCUT2D eigenvalue weighted by Gasteiger charge is -2.09. The molecule has 52 heavy (non-hydrogen) atoms. The molecule has 5 aromatic rings. The topological polar surface area (TPSA) is 169 Å². The van der Waals surface area contributed by atoms with Crippen molar-refractivity contribution in [3.8, 4) is 11.3 Å². The maximum Gasteiger partial charge on any atom is 0.517 e. The number of fused-ring (bicyclic) bond motifs is 2. The van der Waals surface area contributed by atoms with Crippen molar-refractivity contribution in [3.63, 3.8) is 0 Å². The van der Waals surface area contributed by atoms with E-state index in [0.717, 1.165) is 54.2 Å². The number of benzene rings is 1. The number of aromatic nitrogens is 6. The van der Waals surface area contributed by atoms with Crippen LogP contribution in [0.1, 0.15) is 30.8 Å². The van der Waals surface area contributed by atoms with Crippen LogP contribution in [0.25, 0.3) is 22.6 Å². The maximum absolute atomic E-state index is 12.8. The van der Waals surface area contributed by atoms with Gasteiger partial charge in [-0.25, -0.2) is 19.0 Å². The smallest absolute Gasteiger partial charge is 0.422 e. The minimum absolute atomic E-state index is 0.203. The highest BCUT2D eigenvalue weighted by Crippen LogP contribution is 2.32. The maximum atomic E-state index is 12.8. The zero-order valence-electron chi connectivity index (χ0n) is 26.9. The molecule has 270 valence electrons. The summed E-state index contributed by atoms with van der Waals surface area (Å²) in [5.41, 5.74) is 2.54. The number of hydrogen-bond acceptors (Lipinski definition) is 10. The first-order chi connectivity index (χ1) is 24.5. The average Bonchev–Trinajstić information content (AvgIpc) is 3.72. The summed E-state index contributed by atoms with van der Waals surface area (Å²) in [4.78, 5) is 40.9. The van der Waals surface area contributed by atoms with Gasteiger partial charge in [0.05, 0.1) is 52.7 Å². The normalized spacial score (nSPS) is 11.7. The highest BCUT2D eigenvalue weighted by atomic mass is 35.5. The summed E-state index contributed by atoms with van der Waals surface area (Å²) in [7, 11) is -1.89. The van der Waals surface area contributed by atoms with Gasteiger partial charge < -0.3 is 10.0 Å². The van der Waals surface area contributed by atoms with E-state index in [-0.39, 0.29) is 17.8 Å². The van der Waals surface area contributed by atoms with Crippen LogP contribution < -0.4 is 0 Å². The molecule has 6 rings (SSSR count). The van der Waals surface area contributed by atoms with E-state index in [1.165, 1.54) is 6.07 Å². The average molecular weight is 750 g/mol.